The van der Waals surface area contributed by atoms with Crippen LogP contribution in [0, 0.1) is 0 Å². The lowest BCUT2D eigenvalue weighted by Gasteiger charge is -2.26. The predicted molar refractivity (Wildman–Crippen MR) is 315 cm³/mol. The Labute approximate surface area is 463 Å². The summed E-state index contributed by atoms with van der Waals surface area (Å²) in [7, 11) is 5.93. The highest BCUT2D eigenvalue weighted by molar-refractivity contribution is 5.70. The van der Waals surface area contributed by atoms with Crippen molar-refractivity contribution >= 4 is 17.9 Å². The van der Waals surface area contributed by atoms with Gasteiger partial charge in [-0.25, -0.2) is 0 Å². The minimum Gasteiger partial charge on any atom is -0.545 e. The van der Waals surface area contributed by atoms with E-state index in [1.165, 1.54) is 212 Å². The Morgan fingerprint density at radius 1 is 0.400 bits per heavy atom. The molecule has 2 atom stereocenters. The number of carbonyl (C=O) groups excluding carboxylic acids is 3. The largest absolute Gasteiger partial charge is 0.545 e. The number of carboxylic acids is 1. The maximum absolute atomic E-state index is 12.9. The Bertz CT molecular complexity index is 1370. The Morgan fingerprint density at radius 3 is 1.08 bits per heavy atom. The number of nitrogens with zero attached hydrogens (tertiary/aromatic N) is 1. The third kappa shape index (κ3) is 58.8. The van der Waals surface area contributed by atoms with Gasteiger partial charge in [-0.2, -0.15) is 0 Å². The van der Waals surface area contributed by atoms with Gasteiger partial charge in [-0.1, -0.05) is 255 Å². The van der Waals surface area contributed by atoms with E-state index in [1.807, 2.05) is 21.1 Å². The third-order valence-corrected chi connectivity index (χ3v) is 14.0. The number of rotatable bonds is 59. The molecule has 0 aliphatic heterocycles. The highest BCUT2D eigenvalue weighted by atomic mass is 16.7. The number of quaternary nitrogens is 1. The van der Waals surface area contributed by atoms with Crippen molar-refractivity contribution in [2.75, 3.05) is 47.5 Å². The second-order valence-electron chi connectivity index (χ2n) is 22.7. The van der Waals surface area contributed by atoms with Crippen LogP contribution < -0.4 is 5.11 Å². The number of unbranched alkanes of at least 4 members (excludes halogenated alkanes) is 36. The summed E-state index contributed by atoms with van der Waals surface area (Å²) < 4.78 is 22.8. The van der Waals surface area contributed by atoms with E-state index in [-0.39, 0.29) is 32.2 Å². The molecule has 9 nitrogen and oxygen atoms in total. The van der Waals surface area contributed by atoms with Gasteiger partial charge in [0, 0.05) is 12.8 Å². The van der Waals surface area contributed by atoms with Crippen LogP contribution in [0.5, 0.6) is 0 Å². The minimum absolute atomic E-state index is 0.147. The summed E-state index contributed by atoms with van der Waals surface area (Å²) in [5.74, 6) is -2.27. The molecule has 0 heterocycles. The van der Waals surface area contributed by atoms with Crippen LogP contribution in [0.4, 0.5) is 0 Å². The van der Waals surface area contributed by atoms with Gasteiger partial charge >= 0.3 is 11.9 Å². The number of hydrogen-bond acceptors (Lipinski definition) is 8. The molecule has 9 heteroatoms. The fourth-order valence-corrected chi connectivity index (χ4v) is 9.13. The van der Waals surface area contributed by atoms with Crippen LogP contribution in [0.2, 0.25) is 0 Å². The fourth-order valence-electron chi connectivity index (χ4n) is 9.13. The third-order valence-electron chi connectivity index (χ3n) is 14.0. The van der Waals surface area contributed by atoms with E-state index in [9.17, 15) is 19.5 Å². The molecule has 0 rings (SSSR count). The van der Waals surface area contributed by atoms with Gasteiger partial charge in [0.05, 0.1) is 40.3 Å². The number of likely N-dealkylation sites (N-methyl/N-ethyl adjacent to an activating group) is 1. The summed E-state index contributed by atoms with van der Waals surface area (Å²) in [6.45, 7) is 4.77. The average molecular weight is 1060 g/mol. The molecule has 0 fully saturated rings. The van der Waals surface area contributed by atoms with E-state index in [0.29, 0.717) is 23.9 Å². The van der Waals surface area contributed by atoms with Crippen LogP contribution in [-0.4, -0.2) is 82.3 Å². The van der Waals surface area contributed by atoms with E-state index in [0.717, 1.165) is 51.4 Å². The summed E-state index contributed by atoms with van der Waals surface area (Å²) in [5.41, 5.74) is 0. The Morgan fingerprint density at radius 2 is 0.720 bits per heavy atom. The molecular weight excluding hydrogens is 935 g/mol. The molecule has 0 saturated heterocycles. The molecule has 0 saturated carbocycles. The molecule has 75 heavy (non-hydrogen) atoms. The summed E-state index contributed by atoms with van der Waals surface area (Å²) in [4.78, 5) is 37.4. The quantitative estimate of drug-likeness (QED) is 0.0195. The van der Waals surface area contributed by atoms with Crippen molar-refractivity contribution in [2.24, 2.45) is 0 Å². The zero-order chi connectivity index (χ0) is 54.8. The second-order valence-corrected chi connectivity index (χ2v) is 22.7. The Hall–Kier alpha value is -2.75. The second kappa shape index (κ2) is 57.4. The van der Waals surface area contributed by atoms with Crippen LogP contribution in [-0.2, 0) is 33.3 Å². The molecule has 0 spiro atoms. The molecule has 0 N–H and O–H groups in total. The van der Waals surface area contributed by atoms with E-state index in [4.69, 9.17) is 18.9 Å². The van der Waals surface area contributed by atoms with E-state index in [2.05, 4.69) is 62.5 Å². The first-order valence-corrected chi connectivity index (χ1v) is 31.8. The van der Waals surface area contributed by atoms with Crippen LogP contribution in [0.1, 0.15) is 296 Å². The first-order chi connectivity index (χ1) is 36.6. The number of aliphatic carboxylic acids is 1. The SMILES string of the molecule is CCCCCCC/C=C\C/C=C\C/C=C\CCCCCCCCCCCCCCC(=O)OC(COC(=O)CCCCCCCCCCCCC/C=C\CCCCCCCCCC)COC(OCC[N+](C)(C)C)C(=O)[O-]. The van der Waals surface area contributed by atoms with Gasteiger partial charge in [-0.3, -0.25) is 9.59 Å². The van der Waals surface area contributed by atoms with E-state index in [1.54, 1.807) is 0 Å². The molecule has 0 aromatic heterocycles. The lowest BCUT2D eigenvalue weighted by molar-refractivity contribution is -0.870. The molecule has 0 aliphatic carbocycles. The van der Waals surface area contributed by atoms with Gasteiger partial charge in [0.1, 0.15) is 13.2 Å². The molecule has 0 aromatic rings. The minimum atomic E-state index is -1.62. The molecule has 0 bridgehead atoms. The average Bonchev–Trinajstić information content (AvgIpc) is 3.38. The van der Waals surface area contributed by atoms with Crippen molar-refractivity contribution in [3.05, 3.63) is 48.6 Å². The molecule has 0 radical (unpaired) electrons. The van der Waals surface area contributed by atoms with Crippen molar-refractivity contribution < 1.29 is 42.9 Å². The maximum Gasteiger partial charge on any atom is 0.306 e. The number of carbonyl (C=O) groups is 3. The van der Waals surface area contributed by atoms with Crippen LogP contribution >= 0.6 is 0 Å². The summed E-state index contributed by atoms with van der Waals surface area (Å²) >= 11 is 0. The van der Waals surface area contributed by atoms with Crippen LogP contribution in [0.25, 0.3) is 0 Å². The van der Waals surface area contributed by atoms with E-state index >= 15 is 0 Å². The lowest BCUT2D eigenvalue weighted by Crippen LogP contribution is -2.44. The molecule has 2 unspecified atom stereocenters. The molecule has 438 valence electrons. The summed E-state index contributed by atoms with van der Waals surface area (Å²) in [6.07, 6.45) is 68.8. The highest BCUT2D eigenvalue weighted by Crippen LogP contribution is 2.17. The Balaban J connectivity index is 4.18. The van der Waals surface area contributed by atoms with E-state index < -0.39 is 24.3 Å². The normalized spacial score (nSPS) is 13.0. The summed E-state index contributed by atoms with van der Waals surface area (Å²) in [5, 5.41) is 11.8. The maximum atomic E-state index is 12.9. The molecular formula is C66H121NO8. The first-order valence-electron chi connectivity index (χ1n) is 31.8. The Kier molecular flexibility index (Phi) is 55.3. The topological polar surface area (TPSA) is 111 Å². The predicted octanol–water partition coefficient (Wildman–Crippen LogP) is 17.7. The van der Waals surface area contributed by atoms with Crippen LogP contribution in [0.3, 0.4) is 0 Å². The van der Waals surface area contributed by atoms with Gasteiger partial charge in [-0.05, 0) is 77.0 Å². The fraction of sp³-hybridized carbons (Fsp3) is 0.833. The monoisotopic (exact) mass is 1060 g/mol. The molecule has 0 aliphatic rings. The lowest BCUT2D eigenvalue weighted by atomic mass is 10.0. The van der Waals surface area contributed by atoms with Gasteiger partial charge in [0.2, 0.25) is 0 Å². The smallest absolute Gasteiger partial charge is 0.306 e. The van der Waals surface area contributed by atoms with Crippen molar-refractivity contribution in [3.63, 3.8) is 0 Å². The van der Waals surface area contributed by atoms with Crippen molar-refractivity contribution in [3.8, 4) is 0 Å². The number of ether oxygens (including phenoxy) is 4. The van der Waals surface area contributed by atoms with Crippen molar-refractivity contribution in [1.29, 1.82) is 0 Å². The summed E-state index contributed by atoms with van der Waals surface area (Å²) in [6, 6.07) is 0. The molecule has 0 amide bonds. The molecule has 0 aromatic carbocycles. The van der Waals surface area contributed by atoms with Gasteiger partial charge in [-0.15, -0.1) is 0 Å². The zero-order valence-electron chi connectivity index (χ0n) is 49.9. The van der Waals surface area contributed by atoms with Gasteiger partial charge in [0.25, 0.3) is 0 Å². The van der Waals surface area contributed by atoms with Crippen molar-refractivity contribution in [2.45, 2.75) is 309 Å². The van der Waals surface area contributed by atoms with Gasteiger partial charge < -0.3 is 33.3 Å². The van der Waals surface area contributed by atoms with Crippen molar-refractivity contribution in [1.82, 2.24) is 0 Å². The first kappa shape index (κ1) is 72.2. The van der Waals surface area contributed by atoms with Crippen LogP contribution in [0.15, 0.2) is 48.6 Å². The number of carboxylic acid groups (broad SMARTS) is 1. The standard InChI is InChI=1S/C66H121NO8/c1-6-8-10-12-14-16-18-20-22-24-26-28-30-31-32-33-35-37-39-41-43-45-47-49-51-53-55-57-64(69)75-62(61-74-66(65(70)71)72-59-58-67(3,4)5)60-73-63(68)56-54-52-50-48-46-44-42-40-38-36-34-29-27-25-23-21-19-17-15-13-11-9-7-2/h18,20,24-27,30-31,62,66H,6-17,19,21-23,28-29,32-61H2,1-5H3/b20-18-,26-24-,27-25-,31-30-. The zero-order valence-corrected chi connectivity index (χ0v) is 49.9. The van der Waals surface area contributed by atoms with Gasteiger partial charge in [0.15, 0.2) is 12.4 Å². The number of allylic oxidation sites excluding steroid dienone is 8. The highest BCUT2D eigenvalue weighted by Gasteiger charge is 2.22. The number of hydrogen-bond donors (Lipinski definition) is 0. The number of esters is 2.